The van der Waals surface area contributed by atoms with Gasteiger partial charge in [0.25, 0.3) is 7.28 Å². The van der Waals surface area contributed by atoms with Crippen LogP contribution in [0.2, 0.25) is 0 Å². The third-order valence-electron chi connectivity index (χ3n) is 7.08. The Hall–Kier alpha value is -3.35. The molecule has 3 aliphatic rings. The number of hydrogen-bond donors (Lipinski definition) is 1. The van der Waals surface area contributed by atoms with Gasteiger partial charge in [0.1, 0.15) is 11.9 Å². The summed E-state index contributed by atoms with van der Waals surface area (Å²) in [6.07, 6.45) is 18.7. The summed E-state index contributed by atoms with van der Waals surface area (Å²) >= 11 is 0. The number of amidine groups is 1. The lowest BCUT2D eigenvalue weighted by atomic mass is 9.66. The van der Waals surface area contributed by atoms with Crippen molar-refractivity contribution in [1.82, 2.24) is 4.90 Å². The Balaban J connectivity index is 1.91. The molecule has 0 aromatic rings. The van der Waals surface area contributed by atoms with Crippen LogP contribution in [0, 0.1) is 11.3 Å². The molecule has 3 rings (SSSR count). The van der Waals surface area contributed by atoms with Crippen molar-refractivity contribution >= 4 is 30.6 Å². The van der Waals surface area contributed by atoms with Gasteiger partial charge >= 0.3 is 0 Å². The highest BCUT2D eigenvalue weighted by molar-refractivity contribution is 7.01. The van der Waals surface area contributed by atoms with Gasteiger partial charge in [-0.3, -0.25) is 4.99 Å². The third-order valence-corrected chi connectivity index (χ3v) is 7.08. The normalized spacial score (nSPS) is 22.9. The third kappa shape index (κ3) is 7.15. The van der Waals surface area contributed by atoms with Crippen LogP contribution in [0.1, 0.15) is 66.7 Å². The molecule has 0 fully saturated rings. The quantitative estimate of drug-likeness (QED) is 0.184. The molecule has 0 saturated heterocycles. The number of aliphatic imine (C=N–C) groups is 1. The molecule has 0 aliphatic carbocycles. The number of nitrogens with one attached hydrogen (secondary N) is 1. The fourth-order valence-corrected chi connectivity index (χ4v) is 4.79. The fraction of sp³-hybridized carbons (Fsp3) is 0.419. The zero-order valence-corrected chi connectivity index (χ0v) is 23.5. The highest BCUT2D eigenvalue weighted by Crippen LogP contribution is 2.35. The maximum absolute atomic E-state index is 15.0. The van der Waals surface area contributed by atoms with Crippen LogP contribution in [0.4, 0.5) is 4.39 Å². The summed E-state index contributed by atoms with van der Waals surface area (Å²) in [6.45, 7) is 14.8. The van der Waals surface area contributed by atoms with Crippen LogP contribution in [0.25, 0.3) is 0 Å². The fourth-order valence-electron chi connectivity index (χ4n) is 4.79. The zero-order valence-electron chi connectivity index (χ0n) is 23.5. The van der Waals surface area contributed by atoms with Crippen LogP contribution in [-0.4, -0.2) is 48.0 Å². The minimum absolute atomic E-state index is 0.324. The summed E-state index contributed by atoms with van der Waals surface area (Å²) in [4.78, 5) is 6.90. The van der Waals surface area contributed by atoms with E-state index in [-0.39, 0.29) is 11.9 Å². The molecule has 5 nitrogen and oxygen atoms in total. The van der Waals surface area contributed by atoms with Crippen LogP contribution < -0.4 is 0 Å². The van der Waals surface area contributed by atoms with E-state index in [9.17, 15) is 4.39 Å². The summed E-state index contributed by atoms with van der Waals surface area (Å²) in [7, 11) is 1.85. The minimum Gasteiger partial charge on any atom is -0.352 e. The van der Waals surface area contributed by atoms with Crippen molar-refractivity contribution in [3.05, 3.63) is 82.9 Å². The van der Waals surface area contributed by atoms with E-state index < -0.39 is 0 Å². The van der Waals surface area contributed by atoms with Crippen molar-refractivity contribution in [3.8, 4) is 0 Å². The average molecular weight is 513 g/mol. The molecular formula is C31H40BFN5. The van der Waals surface area contributed by atoms with Gasteiger partial charge in [-0.2, -0.15) is 5.10 Å². The van der Waals surface area contributed by atoms with Gasteiger partial charge in [0.15, 0.2) is 0 Å². The first kappa shape index (κ1) is 29.2. The second-order valence-corrected chi connectivity index (χ2v) is 10.0. The molecule has 0 saturated carbocycles. The van der Waals surface area contributed by atoms with Crippen molar-refractivity contribution in [2.75, 3.05) is 6.54 Å². The average Bonchev–Trinajstić information content (AvgIpc) is 3.39. The second kappa shape index (κ2) is 14.0. The van der Waals surface area contributed by atoms with Crippen LogP contribution in [0.5, 0.6) is 0 Å². The summed E-state index contributed by atoms with van der Waals surface area (Å²) < 4.78 is 15.0. The van der Waals surface area contributed by atoms with Crippen LogP contribution in [-0.2, 0) is 0 Å². The van der Waals surface area contributed by atoms with Crippen LogP contribution in [0.3, 0.4) is 0 Å². The molecule has 0 spiro atoms. The van der Waals surface area contributed by atoms with E-state index in [0.29, 0.717) is 41.5 Å². The Morgan fingerprint density at radius 1 is 1.24 bits per heavy atom. The number of halogens is 1. The standard InChI is InChI=1S/C31H40BFN5/c1-7-10-15-26(33)25(12-8-2)30-32-31(37-36-30)38-19-17-24-23(6)16-18-35-28(24)29(38)27(34)20-22(5)14-11-13-21(4)9-3/h7,10-11,13-15,18,20,23,29,34H,1,8-9,12,16-17,19H2,2-6H3/b14-11-,15-10-,21-13-,22-20+,26-25-,34-27?. The van der Waals surface area contributed by atoms with Crippen molar-refractivity contribution < 1.29 is 4.39 Å². The largest absolute Gasteiger partial charge is 0.352 e. The molecule has 199 valence electrons. The first-order chi connectivity index (χ1) is 18.3. The molecule has 3 heterocycles. The van der Waals surface area contributed by atoms with Crippen molar-refractivity contribution in [3.63, 3.8) is 0 Å². The van der Waals surface area contributed by atoms with E-state index >= 15 is 0 Å². The molecule has 0 aromatic carbocycles. The minimum atomic E-state index is -0.373. The molecule has 38 heavy (non-hydrogen) atoms. The molecule has 0 amide bonds. The van der Waals surface area contributed by atoms with Gasteiger partial charge in [0.05, 0.1) is 17.1 Å². The Morgan fingerprint density at radius 2 is 2.03 bits per heavy atom. The summed E-state index contributed by atoms with van der Waals surface area (Å²) in [6, 6.07) is -0.373. The van der Waals surface area contributed by atoms with Crippen LogP contribution in [0.15, 0.2) is 98.1 Å². The lowest BCUT2D eigenvalue weighted by Crippen LogP contribution is -2.51. The monoisotopic (exact) mass is 512 g/mol. The highest BCUT2D eigenvalue weighted by Gasteiger charge is 2.38. The summed E-state index contributed by atoms with van der Waals surface area (Å²) in [5.41, 5.74) is 6.72. The SMILES string of the molecule is C=C/C=C\C(F)=C(/CCC)C1=NN=C(N2CCC3=C(N=CCC3C)C2C(=N)/C=C(C)/C=C\C=C(\C)CC)[B]1. The van der Waals surface area contributed by atoms with E-state index in [2.05, 4.69) is 48.5 Å². The van der Waals surface area contributed by atoms with Gasteiger partial charge in [0.2, 0.25) is 0 Å². The molecule has 2 atom stereocenters. The Morgan fingerprint density at radius 3 is 2.74 bits per heavy atom. The van der Waals surface area contributed by atoms with E-state index in [4.69, 9.17) is 10.4 Å². The van der Waals surface area contributed by atoms with Crippen molar-refractivity contribution in [2.24, 2.45) is 21.1 Å². The Bertz CT molecular complexity index is 1210. The molecule has 3 aliphatic heterocycles. The van der Waals surface area contributed by atoms with Crippen LogP contribution >= 0.6 is 0 Å². The molecular weight excluding hydrogens is 472 g/mol. The first-order valence-corrected chi connectivity index (χ1v) is 13.6. The highest BCUT2D eigenvalue weighted by atomic mass is 19.1. The first-order valence-electron chi connectivity index (χ1n) is 13.6. The molecule has 2 unspecified atom stereocenters. The molecule has 1 N–H and O–H groups in total. The summed E-state index contributed by atoms with van der Waals surface area (Å²) in [5.74, 6) is 0.0766. The van der Waals surface area contributed by atoms with E-state index in [1.165, 1.54) is 17.2 Å². The number of nitrogens with zero attached hydrogens (tertiary/aromatic N) is 4. The lowest BCUT2D eigenvalue weighted by molar-refractivity contribution is 0.372. The number of hydrogen-bond acceptors (Lipinski definition) is 5. The predicted molar refractivity (Wildman–Crippen MR) is 162 cm³/mol. The van der Waals surface area contributed by atoms with Gasteiger partial charge in [-0.25, -0.2) is 4.39 Å². The van der Waals surface area contributed by atoms with Gasteiger partial charge in [-0.1, -0.05) is 69.7 Å². The lowest BCUT2D eigenvalue weighted by Gasteiger charge is -2.41. The smallest absolute Gasteiger partial charge is 0.271 e. The van der Waals surface area contributed by atoms with Crippen molar-refractivity contribution in [2.45, 2.75) is 72.8 Å². The maximum atomic E-state index is 15.0. The molecule has 0 aromatic heterocycles. The summed E-state index contributed by atoms with van der Waals surface area (Å²) in [5, 5.41) is 18.0. The maximum Gasteiger partial charge on any atom is 0.271 e. The van der Waals surface area contributed by atoms with Gasteiger partial charge < -0.3 is 10.3 Å². The van der Waals surface area contributed by atoms with Gasteiger partial charge in [0, 0.05) is 23.9 Å². The van der Waals surface area contributed by atoms with E-state index in [1.54, 1.807) is 12.2 Å². The Labute approximate surface area is 228 Å². The predicted octanol–water partition coefficient (Wildman–Crippen LogP) is 7.46. The van der Waals surface area contributed by atoms with Gasteiger partial charge in [-0.05, 0) is 68.7 Å². The van der Waals surface area contributed by atoms with E-state index in [0.717, 1.165) is 37.0 Å². The topological polar surface area (TPSA) is 64.2 Å². The molecule has 0 bridgehead atoms. The zero-order chi connectivity index (χ0) is 27.7. The van der Waals surface area contributed by atoms with Crippen molar-refractivity contribution in [1.29, 1.82) is 5.41 Å². The second-order valence-electron chi connectivity index (χ2n) is 10.0. The number of allylic oxidation sites excluding steroid dienone is 10. The molecule has 7 heteroatoms. The van der Waals surface area contributed by atoms with E-state index in [1.807, 2.05) is 45.6 Å². The van der Waals surface area contributed by atoms with Gasteiger partial charge in [-0.15, -0.1) is 5.10 Å². The molecule has 1 radical (unpaired) electrons. The number of rotatable bonds is 10. The Kier molecular flexibility index (Phi) is 10.8.